The molecule has 0 aromatic heterocycles. The van der Waals surface area contributed by atoms with Crippen LogP contribution in [0.25, 0.3) is 0 Å². The van der Waals surface area contributed by atoms with Crippen LogP contribution in [0, 0.1) is 5.92 Å². The molecule has 0 bridgehead atoms. The van der Waals surface area contributed by atoms with E-state index in [1.807, 2.05) is 6.08 Å². The zero-order chi connectivity index (χ0) is 8.10. The summed E-state index contributed by atoms with van der Waals surface area (Å²) < 4.78 is 4.79. The molecule has 3 nitrogen and oxygen atoms in total. The van der Waals surface area contributed by atoms with Crippen molar-refractivity contribution in [3.05, 3.63) is 25.1 Å². The molecule has 0 saturated carbocycles. The first kappa shape index (κ1) is 8.01. The van der Waals surface area contributed by atoms with Crippen LogP contribution in [0.2, 0.25) is 0 Å². The SMILES string of the molecule is C=COC(O)C1C=CN=CC1. The van der Waals surface area contributed by atoms with Gasteiger partial charge in [0.15, 0.2) is 0 Å². The quantitative estimate of drug-likeness (QED) is 0.486. The maximum Gasteiger partial charge on any atom is 0.203 e. The van der Waals surface area contributed by atoms with Crippen molar-refractivity contribution in [1.82, 2.24) is 0 Å². The summed E-state index contributed by atoms with van der Waals surface area (Å²) in [7, 11) is 0. The lowest BCUT2D eigenvalue weighted by atomic mass is 10.0. The van der Waals surface area contributed by atoms with E-state index < -0.39 is 6.29 Å². The first-order valence-corrected chi connectivity index (χ1v) is 3.47. The van der Waals surface area contributed by atoms with Gasteiger partial charge in [-0.15, -0.1) is 0 Å². The summed E-state index contributed by atoms with van der Waals surface area (Å²) in [6.07, 6.45) is 6.38. The number of ether oxygens (including phenoxy) is 1. The highest BCUT2D eigenvalue weighted by molar-refractivity contribution is 5.60. The van der Waals surface area contributed by atoms with Crippen molar-refractivity contribution in [2.75, 3.05) is 0 Å². The van der Waals surface area contributed by atoms with Crippen molar-refractivity contribution in [3.8, 4) is 0 Å². The van der Waals surface area contributed by atoms with Crippen LogP contribution < -0.4 is 0 Å². The number of aliphatic hydroxyl groups excluding tert-OH is 1. The Morgan fingerprint density at radius 1 is 1.82 bits per heavy atom. The summed E-state index contributed by atoms with van der Waals surface area (Å²) in [5.74, 6) is 0.00509. The number of aliphatic imine (C=N–C) groups is 1. The summed E-state index contributed by atoms with van der Waals surface area (Å²) in [6, 6.07) is 0. The minimum Gasteiger partial charge on any atom is -0.473 e. The van der Waals surface area contributed by atoms with E-state index in [4.69, 9.17) is 4.74 Å². The molecular weight excluding hydrogens is 142 g/mol. The van der Waals surface area contributed by atoms with Crippen molar-refractivity contribution in [3.63, 3.8) is 0 Å². The highest BCUT2D eigenvalue weighted by Crippen LogP contribution is 2.13. The zero-order valence-electron chi connectivity index (χ0n) is 6.18. The summed E-state index contributed by atoms with van der Waals surface area (Å²) >= 11 is 0. The third-order valence-corrected chi connectivity index (χ3v) is 1.50. The predicted octanol–water partition coefficient (Wildman–Crippen LogP) is 1.07. The number of hydrogen-bond acceptors (Lipinski definition) is 3. The molecule has 0 amide bonds. The van der Waals surface area contributed by atoms with Gasteiger partial charge in [-0.3, -0.25) is 4.99 Å². The molecule has 0 aliphatic carbocycles. The zero-order valence-corrected chi connectivity index (χ0v) is 6.18. The lowest BCUT2D eigenvalue weighted by molar-refractivity contribution is -0.0774. The van der Waals surface area contributed by atoms with Crippen LogP contribution in [-0.4, -0.2) is 17.6 Å². The normalized spacial score (nSPS) is 24.6. The summed E-state index contributed by atoms with van der Waals surface area (Å²) in [5.41, 5.74) is 0. The van der Waals surface area contributed by atoms with Crippen molar-refractivity contribution >= 4 is 6.21 Å². The van der Waals surface area contributed by atoms with Crippen molar-refractivity contribution in [1.29, 1.82) is 0 Å². The standard InChI is InChI=1S/C8H11NO2/c1-2-11-8(10)7-3-5-9-6-4-7/h2-3,5-8,10H,1,4H2. The molecule has 0 aromatic rings. The van der Waals surface area contributed by atoms with Crippen molar-refractivity contribution < 1.29 is 9.84 Å². The fourth-order valence-corrected chi connectivity index (χ4v) is 0.893. The van der Waals surface area contributed by atoms with E-state index in [0.29, 0.717) is 6.42 Å². The van der Waals surface area contributed by atoms with Crippen molar-refractivity contribution in [2.45, 2.75) is 12.7 Å². The largest absolute Gasteiger partial charge is 0.473 e. The molecular formula is C8H11NO2. The molecule has 1 N–H and O–H groups in total. The topological polar surface area (TPSA) is 41.8 Å². The minimum atomic E-state index is -0.796. The summed E-state index contributed by atoms with van der Waals surface area (Å²) in [5, 5.41) is 9.27. The van der Waals surface area contributed by atoms with Crippen LogP contribution >= 0.6 is 0 Å². The molecule has 11 heavy (non-hydrogen) atoms. The fraction of sp³-hybridized carbons (Fsp3) is 0.375. The van der Waals surface area contributed by atoms with Crippen LogP contribution in [0.4, 0.5) is 0 Å². The first-order chi connectivity index (χ1) is 5.34. The Labute approximate surface area is 65.7 Å². The second-order valence-corrected chi connectivity index (χ2v) is 2.27. The summed E-state index contributed by atoms with van der Waals surface area (Å²) in [6.45, 7) is 3.36. The van der Waals surface area contributed by atoms with Crippen molar-refractivity contribution in [2.24, 2.45) is 10.9 Å². The van der Waals surface area contributed by atoms with Gasteiger partial charge in [-0.05, 0) is 6.42 Å². The van der Waals surface area contributed by atoms with Crippen LogP contribution in [0.5, 0.6) is 0 Å². The Morgan fingerprint density at radius 2 is 2.64 bits per heavy atom. The van der Waals surface area contributed by atoms with Crippen LogP contribution in [-0.2, 0) is 4.74 Å². The van der Waals surface area contributed by atoms with Gasteiger partial charge in [-0.1, -0.05) is 12.7 Å². The van der Waals surface area contributed by atoms with Gasteiger partial charge in [-0.2, -0.15) is 0 Å². The highest BCUT2D eigenvalue weighted by Gasteiger charge is 2.16. The average Bonchev–Trinajstić information content (AvgIpc) is 2.07. The van der Waals surface area contributed by atoms with Gasteiger partial charge in [0.25, 0.3) is 0 Å². The first-order valence-electron chi connectivity index (χ1n) is 3.47. The third kappa shape index (κ3) is 2.20. The Bertz CT molecular complexity index is 187. The smallest absolute Gasteiger partial charge is 0.203 e. The van der Waals surface area contributed by atoms with E-state index in [9.17, 15) is 5.11 Å². The number of rotatable bonds is 3. The Morgan fingerprint density at radius 3 is 3.18 bits per heavy atom. The van der Waals surface area contributed by atoms with Crippen LogP contribution in [0.1, 0.15) is 6.42 Å². The number of nitrogens with zero attached hydrogens (tertiary/aromatic N) is 1. The monoisotopic (exact) mass is 153 g/mol. The molecule has 0 fully saturated rings. The van der Waals surface area contributed by atoms with Gasteiger partial charge in [-0.25, -0.2) is 0 Å². The molecule has 2 unspecified atom stereocenters. The van der Waals surface area contributed by atoms with E-state index >= 15 is 0 Å². The van der Waals surface area contributed by atoms with E-state index in [1.54, 1.807) is 12.4 Å². The minimum absolute atomic E-state index is 0.00509. The third-order valence-electron chi connectivity index (χ3n) is 1.50. The van der Waals surface area contributed by atoms with E-state index in [0.717, 1.165) is 0 Å². The van der Waals surface area contributed by atoms with Gasteiger partial charge in [0.05, 0.1) is 6.26 Å². The maximum absolute atomic E-state index is 9.27. The van der Waals surface area contributed by atoms with Crippen LogP contribution in [0.3, 0.4) is 0 Å². The number of hydrogen-bond donors (Lipinski definition) is 1. The Kier molecular flexibility index (Phi) is 2.86. The van der Waals surface area contributed by atoms with E-state index in [2.05, 4.69) is 11.6 Å². The number of aliphatic hydroxyl groups is 1. The average molecular weight is 153 g/mol. The molecule has 1 rings (SSSR count). The molecule has 0 aromatic carbocycles. The molecule has 1 aliphatic rings. The molecule has 0 saturated heterocycles. The molecule has 1 heterocycles. The van der Waals surface area contributed by atoms with E-state index in [1.165, 1.54) is 6.26 Å². The van der Waals surface area contributed by atoms with Gasteiger partial charge in [0.1, 0.15) is 0 Å². The predicted molar refractivity (Wildman–Crippen MR) is 43.0 cm³/mol. The lowest BCUT2D eigenvalue weighted by Gasteiger charge is -2.18. The second-order valence-electron chi connectivity index (χ2n) is 2.27. The molecule has 0 spiro atoms. The highest BCUT2D eigenvalue weighted by atomic mass is 16.6. The van der Waals surface area contributed by atoms with Crippen LogP contribution in [0.15, 0.2) is 30.1 Å². The van der Waals surface area contributed by atoms with E-state index in [-0.39, 0.29) is 5.92 Å². The van der Waals surface area contributed by atoms with Gasteiger partial charge in [0.2, 0.25) is 6.29 Å². The van der Waals surface area contributed by atoms with Gasteiger partial charge >= 0.3 is 0 Å². The molecule has 60 valence electrons. The maximum atomic E-state index is 9.27. The molecule has 1 aliphatic heterocycles. The molecule has 3 heteroatoms. The Hall–Kier alpha value is -1.09. The molecule has 2 atom stereocenters. The Balaban J connectivity index is 2.41. The van der Waals surface area contributed by atoms with Gasteiger partial charge in [0, 0.05) is 18.3 Å². The molecule has 0 radical (unpaired) electrons. The fourth-order valence-electron chi connectivity index (χ4n) is 0.893. The summed E-state index contributed by atoms with van der Waals surface area (Å²) in [4.78, 5) is 3.87. The van der Waals surface area contributed by atoms with Gasteiger partial charge < -0.3 is 9.84 Å². The second kappa shape index (κ2) is 3.93. The lowest BCUT2D eigenvalue weighted by Crippen LogP contribution is -2.21.